The molecule has 1 heterocycles. The molecule has 0 spiro atoms. The van der Waals surface area contributed by atoms with E-state index >= 15 is 0 Å². The Bertz CT molecular complexity index is 1280. The van der Waals surface area contributed by atoms with Gasteiger partial charge >= 0.3 is 0 Å². The third kappa shape index (κ3) is 2.06. The fourth-order valence-electron chi connectivity index (χ4n) is 5.11. The van der Waals surface area contributed by atoms with E-state index in [-0.39, 0.29) is 11.2 Å². The first kappa shape index (κ1) is 17.2. The van der Waals surface area contributed by atoms with Gasteiger partial charge in [0.1, 0.15) is 0 Å². The lowest BCUT2D eigenvalue weighted by Gasteiger charge is -2.25. The Morgan fingerprint density at radius 2 is 1.64 bits per heavy atom. The molecule has 0 amide bonds. The summed E-state index contributed by atoms with van der Waals surface area (Å²) in [6.45, 7) is 9.38. The molecule has 0 saturated heterocycles. The van der Waals surface area contributed by atoms with Gasteiger partial charge in [0.05, 0.1) is 0 Å². The first-order valence-electron chi connectivity index (χ1n) is 10.2. The average molecular weight is 367 g/mol. The summed E-state index contributed by atoms with van der Waals surface area (Å²) in [5.41, 5.74) is 8.83. The van der Waals surface area contributed by atoms with Crippen LogP contribution in [-0.4, -0.2) is 10.4 Å². The Labute approximate surface area is 165 Å². The first-order valence-corrected chi connectivity index (χ1v) is 10.2. The zero-order valence-electron chi connectivity index (χ0n) is 17.0. The van der Waals surface area contributed by atoms with E-state index in [1.165, 1.54) is 44.1 Å². The number of carbonyl (C=O) groups excluding carboxylic acids is 1. The van der Waals surface area contributed by atoms with Crippen LogP contribution in [0.15, 0.2) is 54.6 Å². The van der Waals surface area contributed by atoms with Crippen LogP contribution >= 0.6 is 0 Å². The number of rotatable bonds is 3. The van der Waals surface area contributed by atoms with Crippen LogP contribution in [0.2, 0.25) is 0 Å². The van der Waals surface area contributed by atoms with Crippen molar-refractivity contribution in [3.05, 3.63) is 71.3 Å². The summed E-state index contributed by atoms with van der Waals surface area (Å²) in [5.74, 6) is 0.117. The number of ketones is 1. The molecule has 1 aliphatic rings. The number of hydrogen-bond donors (Lipinski definition) is 0. The smallest absolute Gasteiger partial charge is 0.159 e. The SMILES string of the molecule is CCn1c2ccc(C(C)=O)cc2c2cc3c(cc21)-c1ccccc1C3(C)CC. The predicted octanol–water partition coefficient (Wildman–Crippen LogP) is 6.71. The molecule has 0 N–H and O–H groups in total. The van der Waals surface area contributed by atoms with Crippen molar-refractivity contribution >= 4 is 27.6 Å². The molecule has 1 unspecified atom stereocenters. The summed E-state index contributed by atoms with van der Waals surface area (Å²) < 4.78 is 2.37. The molecule has 1 aromatic heterocycles. The van der Waals surface area contributed by atoms with E-state index in [4.69, 9.17) is 0 Å². The highest BCUT2D eigenvalue weighted by atomic mass is 16.1. The largest absolute Gasteiger partial charge is 0.341 e. The maximum atomic E-state index is 12.0. The Balaban J connectivity index is 1.93. The normalized spacial score (nSPS) is 17.9. The van der Waals surface area contributed by atoms with Gasteiger partial charge in [-0.15, -0.1) is 0 Å². The average Bonchev–Trinajstić information content (AvgIpc) is 3.16. The first-order chi connectivity index (χ1) is 13.5. The highest BCUT2D eigenvalue weighted by molar-refractivity contribution is 6.12. The third-order valence-electron chi connectivity index (χ3n) is 6.84. The minimum absolute atomic E-state index is 0.0267. The van der Waals surface area contributed by atoms with Gasteiger partial charge in [-0.25, -0.2) is 0 Å². The molecule has 3 aromatic carbocycles. The number of carbonyl (C=O) groups is 1. The van der Waals surface area contributed by atoms with Crippen molar-refractivity contribution < 1.29 is 4.79 Å². The van der Waals surface area contributed by atoms with E-state index in [2.05, 4.69) is 73.9 Å². The van der Waals surface area contributed by atoms with Crippen LogP contribution in [0.4, 0.5) is 0 Å². The third-order valence-corrected chi connectivity index (χ3v) is 6.84. The molecule has 5 rings (SSSR count). The van der Waals surface area contributed by atoms with Crippen molar-refractivity contribution in [3.8, 4) is 11.1 Å². The molecule has 4 aromatic rings. The highest BCUT2D eigenvalue weighted by Gasteiger charge is 2.38. The second kappa shape index (κ2) is 5.81. The second-order valence-corrected chi connectivity index (χ2v) is 8.18. The number of benzene rings is 3. The van der Waals surface area contributed by atoms with E-state index < -0.39 is 0 Å². The molecule has 0 bridgehead atoms. The van der Waals surface area contributed by atoms with Crippen molar-refractivity contribution in [3.63, 3.8) is 0 Å². The zero-order valence-corrected chi connectivity index (χ0v) is 17.0. The lowest BCUT2D eigenvalue weighted by atomic mass is 9.78. The van der Waals surface area contributed by atoms with Gasteiger partial charge in [0.25, 0.3) is 0 Å². The molecule has 2 heteroatoms. The molecular formula is C26H25NO. The van der Waals surface area contributed by atoms with Gasteiger partial charge < -0.3 is 4.57 Å². The van der Waals surface area contributed by atoms with Crippen LogP contribution in [0, 0.1) is 0 Å². The Morgan fingerprint density at radius 1 is 0.893 bits per heavy atom. The summed E-state index contributed by atoms with van der Waals surface area (Å²) in [6.07, 6.45) is 1.06. The van der Waals surface area contributed by atoms with Crippen LogP contribution in [0.5, 0.6) is 0 Å². The molecule has 1 atom stereocenters. The number of Topliss-reactive ketones (excluding diaryl/α,β-unsaturated/α-hetero) is 1. The van der Waals surface area contributed by atoms with E-state index in [0.29, 0.717) is 0 Å². The van der Waals surface area contributed by atoms with E-state index in [0.717, 1.165) is 18.5 Å². The molecule has 0 aliphatic heterocycles. The van der Waals surface area contributed by atoms with Gasteiger partial charge in [-0.05, 0) is 72.9 Å². The van der Waals surface area contributed by atoms with Gasteiger partial charge in [-0.2, -0.15) is 0 Å². The number of aryl methyl sites for hydroxylation is 1. The van der Waals surface area contributed by atoms with E-state index in [9.17, 15) is 4.79 Å². The van der Waals surface area contributed by atoms with Crippen molar-refractivity contribution in [2.75, 3.05) is 0 Å². The molecule has 2 nitrogen and oxygen atoms in total. The van der Waals surface area contributed by atoms with E-state index in [1.807, 2.05) is 6.07 Å². The molecular weight excluding hydrogens is 342 g/mol. The van der Waals surface area contributed by atoms with Gasteiger partial charge in [0, 0.05) is 39.3 Å². The Hall–Kier alpha value is -2.87. The minimum atomic E-state index is 0.0267. The van der Waals surface area contributed by atoms with Crippen molar-refractivity contribution in [1.29, 1.82) is 0 Å². The highest BCUT2D eigenvalue weighted by Crippen LogP contribution is 2.52. The molecule has 0 fully saturated rings. The number of aromatic nitrogens is 1. The van der Waals surface area contributed by atoms with Crippen LogP contribution in [0.25, 0.3) is 32.9 Å². The van der Waals surface area contributed by atoms with Gasteiger partial charge in [0.15, 0.2) is 5.78 Å². The number of nitrogens with zero attached hydrogens (tertiary/aromatic N) is 1. The lowest BCUT2D eigenvalue weighted by molar-refractivity contribution is 0.101. The van der Waals surface area contributed by atoms with Gasteiger partial charge in [-0.3, -0.25) is 4.79 Å². The molecule has 28 heavy (non-hydrogen) atoms. The van der Waals surface area contributed by atoms with Crippen molar-refractivity contribution in [1.82, 2.24) is 4.57 Å². The minimum Gasteiger partial charge on any atom is -0.341 e. The molecule has 0 radical (unpaired) electrons. The van der Waals surface area contributed by atoms with Crippen LogP contribution in [0.1, 0.15) is 55.6 Å². The molecule has 1 aliphatic carbocycles. The zero-order chi connectivity index (χ0) is 19.6. The van der Waals surface area contributed by atoms with Crippen molar-refractivity contribution in [2.45, 2.75) is 46.1 Å². The standard InChI is InChI=1S/C26H25NO/c1-5-26(4)22-10-8-7-9-18(22)19-15-25-21(14-23(19)26)20-13-17(16(3)28)11-12-24(20)27(25)6-2/h7-15H,5-6H2,1-4H3. The van der Waals surface area contributed by atoms with Gasteiger partial charge in [0.2, 0.25) is 0 Å². The molecule has 0 saturated carbocycles. The van der Waals surface area contributed by atoms with Crippen LogP contribution < -0.4 is 0 Å². The summed E-state index contributed by atoms with van der Waals surface area (Å²) >= 11 is 0. The summed E-state index contributed by atoms with van der Waals surface area (Å²) in [6, 6.07) is 19.7. The molecule has 140 valence electrons. The second-order valence-electron chi connectivity index (χ2n) is 8.18. The fourth-order valence-corrected chi connectivity index (χ4v) is 5.11. The van der Waals surface area contributed by atoms with Crippen LogP contribution in [0.3, 0.4) is 0 Å². The lowest BCUT2D eigenvalue weighted by Crippen LogP contribution is -2.19. The Morgan fingerprint density at radius 3 is 2.36 bits per heavy atom. The topological polar surface area (TPSA) is 22.0 Å². The van der Waals surface area contributed by atoms with E-state index in [1.54, 1.807) is 6.92 Å². The summed E-state index contributed by atoms with van der Waals surface area (Å²) in [4.78, 5) is 12.0. The monoisotopic (exact) mass is 367 g/mol. The summed E-state index contributed by atoms with van der Waals surface area (Å²) in [7, 11) is 0. The Kier molecular flexibility index (Phi) is 3.58. The maximum Gasteiger partial charge on any atom is 0.159 e. The predicted molar refractivity (Wildman–Crippen MR) is 117 cm³/mol. The fraction of sp³-hybridized carbons (Fsp3) is 0.269. The van der Waals surface area contributed by atoms with Gasteiger partial charge in [-0.1, -0.05) is 38.1 Å². The summed E-state index contributed by atoms with van der Waals surface area (Å²) in [5, 5.41) is 2.44. The van der Waals surface area contributed by atoms with Crippen molar-refractivity contribution in [2.24, 2.45) is 0 Å². The number of hydrogen-bond acceptors (Lipinski definition) is 1. The quantitative estimate of drug-likeness (QED) is 0.369. The number of fused-ring (bicyclic) bond motifs is 6. The maximum absolute atomic E-state index is 12.0. The van der Waals surface area contributed by atoms with Crippen LogP contribution in [-0.2, 0) is 12.0 Å².